The van der Waals surface area contributed by atoms with Crippen LogP contribution in [-0.2, 0) is 11.4 Å². The van der Waals surface area contributed by atoms with Gasteiger partial charge < -0.3 is 9.84 Å². The van der Waals surface area contributed by atoms with E-state index in [1.165, 1.54) is 19.2 Å². The van der Waals surface area contributed by atoms with E-state index >= 15 is 0 Å². The van der Waals surface area contributed by atoms with E-state index in [2.05, 4.69) is 0 Å². The second-order valence-electron chi connectivity index (χ2n) is 4.52. The number of pyridine rings is 1. The monoisotopic (exact) mass is 307 g/mol. The summed E-state index contributed by atoms with van der Waals surface area (Å²) in [6.45, 7) is 1.62. The Morgan fingerprint density at radius 1 is 1.38 bits per heavy atom. The maximum Gasteiger partial charge on any atom is 0.326 e. The first kappa shape index (κ1) is 15.1. The molecule has 0 saturated heterocycles. The van der Waals surface area contributed by atoms with Crippen LogP contribution in [-0.4, -0.2) is 15.6 Å². The predicted octanol–water partition coefficient (Wildman–Crippen LogP) is 2.73. The maximum absolute atomic E-state index is 12.2. The van der Waals surface area contributed by atoms with Crippen molar-refractivity contribution in [2.24, 2.45) is 0 Å². The number of carbonyl (C=O) groups is 1. The van der Waals surface area contributed by atoms with Gasteiger partial charge in [0, 0.05) is 11.2 Å². The van der Waals surface area contributed by atoms with Crippen LogP contribution in [0.3, 0.4) is 0 Å². The van der Waals surface area contributed by atoms with E-state index in [9.17, 15) is 9.59 Å². The Labute approximate surface area is 126 Å². The molecule has 2 rings (SSSR count). The molecule has 0 aliphatic heterocycles. The number of aliphatic carboxylic acids is 1. The van der Waals surface area contributed by atoms with Crippen molar-refractivity contribution < 1.29 is 14.6 Å². The average Bonchev–Trinajstić information content (AvgIpc) is 2.45. The van der Waals surface area contributed by atoms with Crippen LogP contribution in [0.25, 0.3) is 0 Å². The number of halogens is 1. The number of benzene rings is 1. The number of aromatic nitrogens is 1. The van der Waals surface area contributed by atoms with Gasteiger partial charge in [0.05, 0.1) is 0 Å². The Balaban J connectivity index is 2.20. The molecule has 0 fully saturated rings. The van der Waals surface area contributed by atoms with Crippen LogP contribution in [0.2, 0.25) is 5.02 Å². The summed E-state index contributed by atoms with van der Waals surface area (Å²) in [5.41, 5.74) is 0.345. The molecule has 1 N–H and O–H groups in total. The second-order valence-corrected chi connectivity index (χ2v) is 4.95. The highest BCUT2D eigenvalue weighted by atomic mass is 35.5. The molecule has 21 heavy (non-hydrogen) atoms. The highest BCUT2D eigenvalue weighted by Gasteiger charge is 2.16. The van der Waals surface area contributed by atoms with Crippen LogP contribution >= 0.6 is 11.6 Å². The molecule has 1 unspecified atom stereocenters. The maximum atomic E-state index is 12.2. The number of hydrogen-bond donors (Lipinski definition) is 1. The molecule has 0 aliphatic rings. The second kappa shape index (κ2) is 6.45. The first-order valence-corrected chi connectivity index (χ1v) is 6.68. The van der Waals surface area contributed by atoms with Gasteiger partial charge in [0.1, 0.15) is 12.6 Å². The highest BCUT2D eigenvalue weighted by Crippen LogP contribution is 2.13. The molecule has 5 nitrogen and oxygen atoms in total. The molecule has 6 heteroatoms. The molecular weight excluding hydrogens is 294 g/mol. The summed E-state index contributed by atoms with van der Waals surface area (Å²) < 4.78 is 6.58. The summed E-state index contributed by atoms with van der Waals surface area (Å²) in [5, 5.41) is 9.56. The van der Waals surface area contributed by atoms with Gasteiger partial charge in [-0.1, -0.05) is 23.7 Å². The van der Waals surface area contributed by atoms with Crippen molar-refractivity contribution in [1.29, 1.82) is 0 Å². The summed E-state index contributed by atoms with van der Waals surface area (Å²) in [6.07, 6.45) is 1.42. The summed E-state index contributed by atoms with van der Waals surface area (Å²) in [6, 6.07) is 9.24. The Morgan fingerprint density at radius 2 is 2.14 bits per heavy atom. The largest absolute Gasteiger partial charge is 0.483 e. The van der Waals surface area contributed by atoms with Crippen LogP contribution < -0.4 is 10.3 Å². The van der Waals surface area contributed by atoms with Crippen LogP contribution in [0.15, 0.2) is 47.4 Å². The van der Waals surface area contributed by atoms with E-state index in [0.29, 0.717) is 5.02 Å². The third-order valence-corrected chi connectivity index (χ3v) is 3.23. The van der Waals surface area contributed by atoms with Crippen molar-refractivity contribution in [3.63, 3.8) is 0 Å². The average molecular weight is 308 g/mol. The van der Waals surface area contributed by atoms with E-state index < -0.39 is 17.6 Å². The van der Waals surface area contributed by atoms with Crippen molar-refractivity contribution >= 4 is 17.6 Å². The first-order chi connectivity index (χ1) is 9.99. The van der Waals surface area contributed by atoms with Gasteiger partial charge >= 0.3 is 5.97 Å². The zero-order valence-corrected chi connectivity index (χ0v) is 12.1. The zero-order valence-electron chi connectivity index (χ0n) is 11.3. The lowest BCUT2D eigenvalue weighted by Crippen LogP contribution is -2.28. The highest BCUT2D eigenvalue weighted by molar-refractivity contribution is 6.30. The van der Waals surface area contributed by atoms with Gasteiger partial charge in [0.15, 0.2) is 5.75 Å². The SMILES string of the molecule is CC(C(=O)O)n1cccc(OCc2cccc(Cl)c2)c1=O. The molecule has 1 atom stereocenters. The van der Waals surface area contributed by atoms with Gasteiger partial charge in [-0.05, 0) is 36.8 Å². The molecule has 0 amide bonds. The van der Waals surface area contributed by atoms with Crippen LogP contribution in [0.1, 0.15) is 18.5 Å². The number of carboxylic acids is 1. The third-order valence-electron chi connectivity index (χ3n) is 3.00. The zero-order chi connectivity index (χ0) is 15.4. The topological polar surface area (TPSA) is 68.5 Å². The minimum atomic E-state index is -1.08. The molecule has 1 heterocycles. The van der Waals surface area contributed by atoms with Gasteiger partial charge in [-0.3, -0.25) is 9.36 Å². The van der Waals surface area contributed by atoms with Gasteiger partial charge in [-0.15, -0.1) is 0 Å². The lowest BCUT2D eigenvalue weighted by molar-refractivity contribution is -0.140. The molecule has 110 valence electrons. The van der Waals surface area contributed by atoms with E-state index in [0.717, 1.165) is 10.1 Å². The fourth-order valence-electron chi connectivity index (χ4n) is 1.81. The van der Waals surface area contributed by atoms with Crippen molar-refractivity contribution in [2.45, 2.75) is 19.6 Å². The van der Waals surface area contributed by atoms with Crippen molar-refractivity contribution in [3.05, 3.63) is 63.5 Å². The van der Waals surface area contributed by atoms with Crippen molar-refractivity contribution in [1.82, 2.24) is 4.57 Å². The predicted molar refractivity (Wildman–Crippen MR) is 78.8 cm³/mol. The lowest BCUT2D eigenvalue weighted by Gasteiger charge is -2.12. The van der Waals surface area contributed by atoms with Gasteiger partial charge in [0.2, 0.25) is 0 Å². The summed E-state index contributed by atoms with van der Waals surface area (Å²) >= 11 is 5.87. The van der Waals surface area contributed by atoms with E-state index in [-0.39, 0.29) is 12.4 Å². The van der Waals surface area contributed by atoms with Crippen LogP contribution in [0.4, 0.5) is 0 Å². The van der Waals surface area contributed by atoms with E-state index in [1.54, 1.807) is 24.3 Å². The number of nitrogens with zero attached hydrogens (tertiary/aromatic N) is 1. The summed E-state index contributed by atoms with van der Waals surface area (Å²) in [4.78, 5) is 23.1. The molecule has 2 aromatic rings. The van der Waals surface area contributed by atoms with E-state index in [1.807, 2.05) is 6.07 Å². The molecule has 0 spiro atoms. The smallest absolute Gasteiger partial charge is 0.326 e. The van der Waals surface area contributed by atoms with Crippen LogP contribution in [0, 0.1) is 0 Å². The van der Waals surface area contributed by atoms with Crippen molar-refractivity contribution in [2.75, 3.05) is 0 Å². The third kappa shape index (κ3) is 3.64. The normalized spacial score (nSPS) is 11.9. The summed E-state index contributed by atoms with van der Waals surface area (Å²) in [5.74, 6) is -0.977. The number of ether oxygens (including phenoxy) is 1. The minimum Gasteiger partial charge on any atom is -0.483 e. The first-order valence-electron chi connectivity index (χ1n) is 6.30. The molecular formula is C15H14ClNO4. The lowest BCUT2D eigenvalue weighted by atomic mass is 10.2. The van der Waals surface area contributed by atoms with E-state index in [4.69, 9.17) is 21.4 Å². The number of hydrogen-bond acceptors (Lipinski definition) is 3. The summed E-state index contributed by atoms with van der Waals surface area (Å²) in [7, 11) is 0. The minimum absolute atomic E-state index is 0.102. The molecule has 0 saturated carbocycles. The Bertz CT molecular complexity index is 711. The Morgan fingerprint density at radius 3 is 2.81 bits per heavy atom. The number of rotatable bonds is 5. The van der Waals surface area contributed by atoms with Gasteiger partial charge in [0.25, 0.3) is 5.56 Å². The molecule has 0 aliphatic carbocycles. The quantitative estimate of drug-likeness (QED) is 0.922. The Hall–Kier alpha value is -2.27. The van der Waals surface area contributed by atoms with Crippen LogP contribution in [0.5, 0.6) is 5.75 Å². The van der Waals surface area contributed by atoms with Crippen molar-refractivity contribution in [3.8, 4) is 5.75 Å². The van der Waals surface area contributed by atoms with Gasteiger partial charge in [-0.2, -0.15) is 0 Å². The standard InChI is InChI=1S/C15H14ClNO4/c1-10(15(19)20)17-7-3-6-13(14(17)18)21-9-11-4-2-5-12(16)8-11/h2-8,10H,9H2,1H3,(H,19,20). The molecule has 1 aromatic heterocycles. The number of carboxylic acid groups (broad SMARTS) is 1. The fourth-order valence-corrected chi connectivity index (χ4v) is 2.02. The molecule has 0 bridgehead atoms. The molecule has 0 radical (unpaired) electrons. The Kier molecular flexibility index (Phi) is 4.65. The van der Waals surface area contributed by atoms with Gasteiger partial charge in [-0.25, -0.2) is 4.79 Å². The molecule has 1 aromatic carbocycles. The fraction of sp³-hybridized carbons (Fsp3) is 0.200.